The molecule has 0 heterocycles. The standard InChI is InChI=1S/C3H9NO6S2/c1-11(5,6)10-4-2-3-12(7,8)9/h4H,2-3H2,1H3,(H,7,8,9). The van der Waals surface area contributed by atoms with Gasteiger partial charge in [0.1, 0.15) is 0 Å². The van der Waals surface area contributed by atoms with Crippen LogP contribution in [0.5, 0.6) is 0 Å². The van der Waals surface area contributed by atoms with E-state index in [0.29, 0.717) is 0 Å². The summed E-state index contributed by atoms with van der Waals surface area (Å²) in [5.41, 5.74) is 1.85. The molecule has 0 radical (unpaired) electrons. The summed E-state index contributed by atoms with van der Waals surface area (Å²) in [7, 11) is -7.71. The number of hydrogen-bond acceptors (Lipinski definition) is 6. The summed E-state index contributed by atoms with van der Waals surface area (Å²) in [6, 6.07) is 0. The number of hydroxylamine groups is 1. The highest BCUT2D eigenvalue weighted by molar-refractivity contribution is 7.86. The van der Waals surface area contributed by atoms with E-state index in [1.165, 1.54) is 0 Å². The van der Waals surface area contributed by atoms with Crippen molar-refractivity contribution in [2.45, 2.75) is 0 Å². The van der Waals surface area contributed by atoms with E-state index >= 15 is 0 Å². The molecule has 9 heteroatoms. The highest BCUT2D eigenvalue weighted by atomic mass is 32.2. The van der Waals surface area contributed by atoms with Crippen molar-refractivity contribution in [1.82, 2.24) is 5.48 Å². The molecule has 0 aliphatic carbocycles. The Hall–Kier alpha value is -0.220. The van der Waals surface area contributed by atoms with Crippen molar-refractivity contribution in [1.29, 1.82) is 0 Å². The molecule has 0 aromatic carbocycles. The molecule has 0 unspecified atom stereocenters. The van der Waals surface area contributed by atoms with Gasteiger partial charge in [0.15, 0.2) is 0 Å². The van der Waals surface area contributed by atoms with Crippen LogP contribution in [0, 0.1) is 0 Å². The summed E-state index contributed by atoms with van der Waals surface area (Å²) in [6.45, 7) is -0.300. The minimum absolute atomic E-state index is 0.300. The second-order valence-corrected chi connectivity index (χ2v) is 5.11. The van der Waals surface area contributed by atoms with Gasteiger partial charge in [0.2, 0.25) is 0 Å². The van der Waals surface area contributed by atoms with Crippen LogP contribution in [-0.2, 0) is 24.5 Å². The monoisotopic (exact) mass is 219 g/mol. The Morgan fingerprint density at radius 2 is 1.83 bits per heavy atom. The molecule has 0 aromatic heterocycles. The lowest BCUT2D eigenvalue weighted by atomic mass is 10.8. The Bertz CT molecular complexity index is 281. The largest absolute Gasteiger partial charge is 0.286 e. The molecule has 0 rings (SSSR count). The summed E-state index contributed by atoms with van der Waals surface area (Å²) in [5.74, 6) is -0.609. The summed E-state index contributed by atoms with van der Waals surface area (Å²) in [6.07, 6.45) is 0.799. The van der Waals surface area contributed by atoms with Crippen molar-refractivity contribution in [2.75, 3.05) is 18.6 Å². The van der Waals surface area contributed by atoms with Crippen LogP contribution in [0.3, 0.4) is 0 Å². The highest BCUT2D eigenvalue weighted by Gasteiger charge is 2.05. The lowest BCUT2D eigenvalue weighted by Gasteiger charge is -2.00. The zero-order valence-corrected chi connectivity index (χ0v) is 7.85. The fourth-order valence-corrected chi connectivity index (χ4v) is 0.958. The molecule has 0 aliphatic heterocycles. The van der Waals surface area contributed by atoms with E-state index in [2.05, 4.69) is 4.28 Å². The topological polar surface area (TPSA) is 110 Å². The Labute approximate surface area is 70.5 Å². The normalized spacial score (nSPS) is 13.2. The first kappa shape index (κ1) is 11.8. The summed E-state index contributed by atoms with van der Waals surface area (Å²) < 4.78 is 52.8. The maximum Gasteiger partial charge on any atom is 0.280 e. The van der Waals surface area contributed by atoms with Gasteiger partial charge in [-0.2, -0.15) is 26.6 Å². The Morgan fingerprint density at radius 1 is 1.33 bits per heavy atom. The lowest BCUT2D eigenvalue weighted by Crippen LogP contribution is -2.25. The van der Waals surface area contributed by atoms with Crippen LogP contribution in [0.1, 0.15) is 0 Å². The first-order chi connectivity index (χ1) is 5.21. The van der Waals surface area contributed by atoms with Gasteiger partial charge in [0.25, 0.3) is 20.2 Å². The van der Waals surface area contributed by atoms with E-state index in [1.807, 2.05) is 5.48 Å². The van der Waals surface area contributed by atoms with Gasteiger partial charge in [-0.15, -0.1) is 0 Å². The first-order valence-electron chi connectivity index (χ1n) is 2.77. The van der Waals surface area contributed by atoms with Crippen LogP contribution < -0.4 is 5.48 Å². The van der Waals surface area contributed by atoms with Crippen molar-refractivity contribution < 1.29 is 25.7 Å². The SMILES string of the molecule is CS(=O)(=O)ONCCS(=O)(=O)O. The highest BCUT2D eigenvalue weighted by Crippen LogP contribution is 1.82. The van der Waals surface area contributed by atoms with Gasteiger partial charge in [-0.05, 0) is 0 Å². The zero-order valence-electron chi connectivity index (χ0n) is 6.22. The molecule has 7 nitrogen and oxygen atoms in total. The Balaban J connectivity index is 3.62. The van der Waals surface area contributed by atoms with Gasteiger partial charge < -0.3 is 0 Å². The number of hydrogen-bond donors (Lipinski definition) is 2. The summed E-state index contributed by atoms with van der Waals surface area (Å²) >= 11 is 0. The van der Waals surface area contributed by atoms with Gasteiger partial charge in [-0.3, -0.25) is 4.55 Å². The summed E-state index contributed by atoms with van der Waals surface area (Å²) in [4.78, 5) is 0. The second kappa shape index (κ2) is 4.14. The summed E-state index contributed by atoms with van der Waals surface area (Å²) in [5, 5.41) is 0. The average molecular weight is 219 g/mol. The van der Waals surface area contributed by atoms with Crippen molar-refractivity contribution in [3.8, 4) is 0 Å². The van der Waals surface area contributed by atoms with Crippen molar-refractivity contribution >= 4 is 20.2 Å². The molecule has 0 fully saturated rings. The third-order valence-corrected chi connectivity index (χ3v) is 1.81. The molecule has 0 saturated heterocycles. The van der Waals surface area contributed by atoms with Gasteiger partial charge in [-0.25, -0.2) is 0 Å². The fraction of sp³-hybridized carbons (Fsp3) is 1.00. The van der Waals surface area contributed by atoms with Crippen molar-refractivity contribution in [3.05, 3.63) is 0 Å². The molecule has 0 atom stereocenters. The third-order valence-electron chi connectivity index (χ3n) is 0.672. The van der Waals surface area contributed by atoms with Crippen LogP contribution in [-0.4, -0.2) is 39.9 Å². The van der Waals surface area contributed by atoms with Gasteiger partial charge >= 0.3 is 0 Å². The molecule has 0 aromatic rings. The molecule has 0 amide bonds. The number of nitrogens with one attached hydrogen (secondary N) is 1. The van der Waals surface area contributed by atoms with Crippen molar-refractivity contribution in [3.63, 3.8) is 0 Å². The van der Waals surface area contributed by atoms with Crippen LogP contribution in [0.15, 0.2) is 0 Å². The Morgan fingerprint density at radius 3 is 2.17 bits per heavy atom. The van der Waals surface area contributed by atoms with Crippen LogP contribution in [0.4, 0.5) is 0 Å². The predicted molar refractivity (Wildman–Crippen MR) is 40.3 cm³/mol. The first-order valence-corrected chi connectivity index (χ1v) is 6.20. The molecule has 0 saturated carbocycles. The quantitative estimate of drug-likeness (QED) is 0.324. The van der Waals surface area contributed by atoms with Crippen molar-refractivity contribution in [2.24, 2.45) is 0 Å². The van der Waals surface area contributed by atoms with Gasteiger partial charge in [0, 0.05) is 6.54 Å². The predicted octanol–water partition coefficient (Wildman–Crippen LogP) is -1.64. The van der Waals surface area contributed by atoms with Crippen LogP contribution >= 0.6 is 0 Å². The second-order valence-electron chi connectivity index (χ2n) is 1.97. The molecule has 0 aliphatic rings. The van der Waals surface area contributed by atoms with Gasteiger partial charge in [0.05, 0.1) is 12.0 Å². The van der Waals surface area contributed by atoms with Crippen LogP contribution in [0.2, 0.25) is 0 Å². The molecule has 0 spiro atoms. The molecule has 74 valence electrons. The van der Waals surface area contributed by atoms with E-state index in [0.717, 1.165) is 6.26 Å². The zero-order chi connectivity index (χ0) is 9.83. The van der Waals surface area contributed by atoms with E-state index in [9.17, 15) is 16.8 Å². The van der Waals surface area contributed by atoms with E-state index in [1.54, 1.807) is 0 Å². The van der Waals surface area contributed by atoms with Gasteiger partial charge in [-0.1, -0.05) is 0 Å². The molecule has 0 bridgehead atoms. The average Bonchev–Trinajstić information content (AvgIpc) is 1.76. The number of rotatable bonds is 5. The minimum Gasteiger partial charge on any atom is -0.286 e. The fourth-order valence-electron chi connectivity index (χ4n) is 0.319. The lowest BCUT2D eigenvalue weighted by molar-refractivity contribution is 0.212. The molecule has 12 heavy (non-hydrogen) atoms. The molecular formula is C3H9NO6S2. The maximum absolute atomic E-state index is 10.3. The smallest absolute Gasteiger partial charge is 0.280 e. The molecule has 2 N–H and O–H groups in total. The minimum atomic E-state index is -4.08. The Kier molecular flexibility index (Phi) is 4.06. The van der Waals surface area contributed by atoms with E-state index in [-0.39, 0.29) is 6.54 Å². The third kappa shape index (κ3) is 9.78. The van der Waals surface area contributed by atoms with E-state index < -0.39 is 26.0 Å². The van der Waals surface area contributed by atoms with E-state index in [4.69, 9.17) is 4.55 Å². The molecular weight excluding hydrogens is 210 g/mol. The maximum atomic E-state index is 10.3. The van der Waals surface area contributed by atoms with Crippen LogP contribution in [0.25, 0.3) is 0 Å².